The summed E-state index contributed by atoms with van der Waals surface area (Å²) in [5.41, 5.74) is 8.57. The summed E-state index contributed by atoms with van der Waals surface area (Å²) in [6.07, 6.45) is 0. The van der Waals surface area contributed by atoms with Gasteiger partial charge in [0.15, 0.2) is 0 Å². The average Bonchev–Trinajstić information content (AvgIpc) is 2.20. The highest BCUT2D eigenvalue weighted by Gasteiger charge is 2.48. The van der Waals surface area contributed by atoms with E-state index in [1.807, 2.05) is 12.1 Å². The van der Waals surface area contributed by atoms with Gasteiger partial charge in [-0.05, 0) is 17.2 Å². The quantitative estimate of drug-likeness (QED) is 0.889. The maximum absolute atomic E-state index is 6.15. The SMILES string of the molecule is NCc1c(Cl)cccc1CN1CC2(COC2)C1. The fourth-order valence-electron chi connectivity index (χ4n) is 2.81. The summed E-state index contributed by atoms with van der Waals surface area (Å²) in [6, 6.07) is 6.03. The molecule has 2 fully saturated rings. The van der Waals surface area contributed by atoms with Crippen molar-refractivity contribution in [2.24, 2.45) is 11.1 Å². The van der Waals surface area contributed by atoms with E-state index in [-0.39, 0.29) is 0 Å². The summed E-state index contributed by atoms with van der Waals surface area (Å²) in [4.78, 5) is 2.44. The number of hydrogen-bond acceptors (Lipinski definition) is 3. The van der Waals surface area contributed by atoms with Crippen molar-refractivity contribution in [1.82, 2.24) is 4.90 Å². The average molecular weight is 253 g/mol. The van der Waals surface area contributed by atoms with Gasteiger partial charge in [0.1, 0.15) is 0 Å². The molecule has 2 aliphatic rings. The lowest BCUT2D eigenvalue weighted by Gasteiger charge is -2.55. The predicted molar refractivity (Wildman–Crippen MR) is 67.9 cm³/mol. The monoisotopic (exact) mass is 252 g/mol. The van der Waals surface area contributed by atoms with Gasteiger partial charge in [0, 0.05) is 36.6 Å². The van der Waals surface area contributed by atoms with Gasteiger partial charge < -0.3 is 10.5 Å². The van der Waals surface area contributed by atoms with Crippen molar-refractivity contribution in [2.75, 3.05) is 26.3 Å². The molecular weight excluding hydrogens is 236 g/mol. The lowest BCUT2D eigenvalue weighted by molar-refractivity contribution is -0.191. The van der Waals surface area contributed by atoms with E-state index in [0.29, 0.717) is 12.0 Å². The largest absolute Gasteiger partial charge is 0.380 e. The maximum Gasteiger partial charge on any atom is 0.0569 e. The van der Waals surface area contributed by atoms with Gasteiger partial charge in [0.25, 0.3) is 0 Å². The minimum atomic E-state index is 0.474. The molecule has 2 heterocycles. The summed E-state index contributed by atoms with van der Waals surface area (Å²) < 4.78 is 5.27. The summed E-state index contributed by atoms with van der Waals surface area (Å²) in [7, 11) is 0. The molecule has 2 saturated heterocycles. The summed E-state index contributed by atoms with van der Waals surface area (Å²) >= 11 is 6.15. The van der Waals surface area contributed by atoms with E-state index in [0.717, 1.165) is 43.4 Å². The first-order chi connectivity index (χ1) is 8.22. The number of halogens is 1. The summed E-state index contributed by atoms with van der Waals surface area (Å²) in [5.74, 6) is 0. The van der Waals surface area contributed by atoms with Crippen molar-refractivity contribution in [3.8, 4) is 0 Å². The Morgan fingerprint density at radius 2 is 2.12 bits per heavy atom. The first-order valence-electron chi connectivity index (χ1n) is 5.99. The molecule has 0 bridgehead atoms. The Morgan fingerprint density at radius 3 is 2.71 bits per heavy atom. The fourth-order valence-corrected chi connectivity index (χ4v) is 3.08. The maximum atomic E-state index is 6.15. The molecule has 1 spiro atoms. The van der Waals surface area contributed by atoms with Gasteiger partial charge in [-0.3, -0.25) is 4.90 Å². The highest BCUT2D eigenvalue weighted by molar-refractivity contribution is 6.31. The predicted octanol–water partition coefficient (Wildman–Crippen LogP) is 1.63. The van der Waals surface area contributed by atoms with Gasteiger partial charge in [0.05, 0.1) is 13.2 Å². The first-order valence-corrected chi connectivity index (χ1v) is 6.37. The van der Waals surface area contributed by atoms with Gasteiger partial charge in [-0.2, -0.15) is 0 Å². The van der Waals surface area contributed by atoms with Crippen LogP contribution in [0.3, 0.4) is 0 Å². The molecule has 0 radical (unpaired) electrons. The second kappa shape index (κ2) is 4.25. The van der Waals surface area contributed by atoms with Crippen molar-refractivity contribution in [1.29, 1.82) is 0 Å². The normalized spacial score (nSPS) is 22.2. The molecular formula is C13H17ClN2O. The number of nitrogens with two attached hydrogens (primary N) is 1. The molecule has 2 N–H and O–H groups in total. The third-order valence-electron chi connectivity index (χ3n) is 3.75. The molecule has 1 aromatic rings. The first kappa shape index (κ1) is 11.5. The van der Waals surface area contributed by atoms with Crippen LogP contribution in [0.15, 0.2) is 18.2 Å². The lowest BCUT2D eigenvalue weighted by atomic mass is 9.78. The van der Waals surface area contributed by atoms with Gasteiger partial charge in [-0.15, -0.1) is 0 Å². The molecule has 0 atom stereocenters. The Balaban J connectivity index is 1.67. The number of rotatable bonds is 3. The third kappa shape index (κ3) is 1.97. The lowest BCUT2D eigenvalue weighted by Crippen LogP contribution is -2.65. The number of ether oxygens (including phenoxy) is 1. The standard InChI is InChI=1S/C13H17ClN2O/c14-12-3-1-2-10(11(12)4-15)5-16-6-13(7-16)8-17-9-13/h1-3H,4-9,15H2. The van der Waals surface area contributed by atoms with E-state index in [4.69, 9.17) is 22.1 Å². The van der Waals surface area contributed by atoms with Crippen molar-refractivity contribution >= 4 is 11.6 Å². The van der Waals surface area contributed by atoms with Gasteiger partial charge in [0.2, 0.25) is 0 Å². The molecule has 0 unspecified atom stereocenters. The Labute approximate surface area is 106 Å². The molecule has 2 aliphatic heterocycles. The molecule has 0 saturated carbocycles. The smallest absolute Gasteiger partial charge is 0.0569 e. The van der Waals surface area contributed by atoms with Crippen molar-refractivity contribution in [2.45, 2.75) is 13.1 Å². The van der Waals surface area contributed by atoms with Crippen molar-refractivity contribution in [3.05, 3.63) is 34.3 Å². The van der Waals surface area contributed by atoms with E-state index in [9.17, 15) is 0 Å². The molecule has 0 aromatic heterocycles. The zero-order valence-corrected chi connectivity index (χ0v) is 10.5. The second-order valence-corrected chi connectivity index (χ2v) is 5.63. The Hall–Kier alpha value is -0.610. The van der Waals surface area contributed by atoms with Crippen LogP contribution < -0.4 is 5.73 Å². The van der Waals surface area contributed by atoms with Crippen molar-refractivity contribution < 1.29 is 4.74 Å². The van der Waals surface area contributed by atoms with Crippen LogP contribution in [0.4, 0.5) is 0 Å². The van der Waals surface area contributed by atoms with Crippen LogP contribution in [0.1, 0.15) is 11.1 Å². The van der Waals surface area contributed by atoms with Crippen LogP contribution in [0.2, 0.25) is 5.02 Å². The van der Waals surface area contributed by atoms with Crippen LogP contribution >= 0.6 is 11.6 Å². The molecule has 4 heteroatoms. The fraction of sp³-hybridized carbons (Fsp3) is 0.538. The molecule has 1 aromatic carbocycles. The Bertz CT molecular complexity index is 423. The summed E-state index contributed by atoms with van der Waals surface area (Å²) in [5, 5.41) is 0.784. The van der Waals surface area contributed by atoms with Crippen LogP contribution in [-0.4, -0.2) is 31.2 Å². The van der Waals surface area contributed by atoms with E-state index >= 15 is 0 Å². The number of hydrogen-bond donors (Lipinski definition) is 1. The number of benzene rings is 1. The number of likely N-dealkylation sites (tertiary alicyclic amines) is 1. The van der Waals surface area contributed by atoms with Crippen LogP contribution in [-0.2, 0) is 17.8 Å². The Morgan fingerprint density at radius 1 is 1.35 bits per heavy atom. The third-order valence-corrected chi connectivity index (χ3v) is 4.10. The molecule has 3 nitrogen and oxygen atoms in total. The Kier molecular flexibility index (Phi) is 2.87. The molecule has 3 rings (SSSR count). The zero-order valence-electron chi connectivity index (χ0n) is 9.79. The van der Waals surface area contributed by atoms with E-state index in [1.54, 1.807) is 0 Å². The van der Waals surface area contributed by atoms with E-state index in [1.165, 1.54) is 5.56 Å². The topological polar surface area (TPSA) is 38.5 Å². The van der Waals surface area contributed by atoms with Gasteiger partial charge in [-0.1, -0.05) is 23.7 Å². The summed E-state index contributed by atoms with van der Waals surface area (Å²) in [6.45, 7) is 5.62. The van der Waals surface area contributed by atoms with Gasteiger partial charge >= 0.3 is 0 Å². The molecule has 0 amide bonds. The minimum Gasteiger partial charge on any atom is -0.380 e. The van der Waals surface area contributed by atoms with Crippen LogP contribution in [0.25, 0.3) is 0 Å². The highest BCUT2D eigenvalue weighted by atomic mass is 35.5. The van der Waals surface area contributed by atoms with Gasteiger partial charge in [-0.25, -0.2) is 0 Å². The molecule has 92 valence electrons. The van der Waals surface area contributed by atoms with E-state index in [2.05, 4.69) is 11.0 Å². The van der Waals surface area contributed by atoms with Crippen LogP contribution in [0.5, 0.6) is 0 Å². The highest BCUT2D eigenvalue weighted by Crippen LogP contribution is 2.38. The number of nitrogens with zero attached hydrogens (tertiary/aromatic N) is 1. The molecule has 17 heavy (non-hydrogen) atoms. The van der Waals surface area contributed by atoms with E-state index < -0.39 is 0 Å². The second-order valence-electron chi connectivity index (χ2n) is 5.22. The minimum absolute atomic E-state index is 0.474. The molecule has 0 aliphatic carbocycles. The van der Waals surface area contributed by atoms with Crippen LogP contribution in [0, 0.1) is 5.41 Å². The van der Waals surface area contributed by atoms with Crippen molar-refractivity contribution in [3.63, 3.8) is 0 Å². The zero-order chi connectivity index (χ0) is 11.9.